The molecular weight excluding hydrogens is 380 g/mol. The Hall–Kier alpha value is -2.19. The van der Waals surface area contributed by atoms with Crippen LogP contribution in [0.1, 0.15) is 32.3 Å². The summed E-state index contributed by atoms with van der Waals surface area (Å²) in [4.78, 5) is 27.1. The average Bonchev–Trinajstić information content (AvgIpc) is 2.92. The first-order valence-corrected chi connectivity index (χ1v) is 11.0. The van der Waals surface area contributed by atoms with Crippen LogP contribution in [0.15, 0.2) is 41.5 Å². The van der Waals surface area contributed by atoms with Crippen LogP contribution >= 0.6 is 0 Å². The Morgan fingerprint density at radius 2 is 1.82 bits per heavy atom. The SMILES string of the molecule is CCS(=O)(=O)N1CCC2(CC1)OC(=O)C(C)=C2C(=O)N(C)Cc1ccccc1. The number of amides is 1. The maximum Gasteiger partial charge on any atom is 0.335 e. The van der Waals surface area contributed by atoms with E-state index in [9.17, 15) is 18.0 Å². The Kier molecular flexibility index (Phi) is 5.63. The number of esters is 1. The van der Waals surface area contributed by atoms with Crippen molar-refractivity contribution < 1.29 is 22.7 Å². The second kappa shape index (κ2) is 7.67. The van der Waals surface area contributed by atoms with E-state index in [-0.39, 0.29) is 37.6 Å². The van der Waals surface area contributed by atoms with Crippen LogP contribution in [0.5, 0.6) is 0 Å². The summed E-state index contributed by atoms with van der Waals surface area (Å²) in [7, 11) is -1.61. The standard InChI is InChI=1S/C20H26N2O5S/c1-4-28(25,26)22-12-10-20(11-13-22)17(15(2)19(24)27-20)18(23)21(3)14-16-8-6-5-7-9-16/h5-9H,4,10-14H2,1-3H3. The lowest BCUT2D eigenvalue weighted by atomic mass is 9.83. The zero-order valence-corrected chi connectivity index (χ0v) is 17.3. The van der Waals surface area contributed by atoms with Gasteiger partial charge in [0.2, 0.25) is 10.0 Å². The zero-order valence-electron chi connectivity index (χ0n) is 16.5. The molecule has 0 bridgehead atoms. The number of rotatable bonds is 5. The summed E-state index contributed by atoms with van der Waals surface area (Å²) >= 11 is 0. The van der Waals surface area contributed by atoms with Gasteiger partial charge in [0.05, 0.1) is 11.3 Å². The molecule has 1 aromatic rings. The second-order valence-corrected chi connectivity index (χ2v) is 9.59. The Balaban J connectivity index is 1.82. The molecule has 0 unspecified atom stereocenters. The van der Waals surface area contributed by atoms with Crippen molar-refractivity contribution >= 4 is 21.9 Å². The lowest BCUT2D eigenvalue weighted by Crippen LogP contribution is -2.50. The van der Waals surface area contributed by atoms with E-state index in [4.69, 9.17) is 4.74 Å². The third-order valence-electron chi connectivity index (χ3n) is 5.54. The molecule has 0 aliphatic carbocycles. The van der Waals surface area contributed by atoms with Crippen LogP contribution in [-0.4, -0.2) is 61.0 Å². The van der Waals surface area contributed by atoms with Crippen molar-refractivity contribution in [2.24, 2.45) is 0 Å². The van der Waals surface area contributed by atoms with Crippen LogP contribution in [0.4, 0.5) is 0 Å². The maximum atomic E-state index is 13.2. The Morgan fingerprint density at radius 3 is 2.39 bits per heavy atom. The van der Waals surface area contributed by atoms with Gasteiger partial charge in [0.15, 0.2) is 0 Å². The van der Waals surface area contributed by atoms with E-state index in [0.717, 1.165) is 5.56 Å². The number of piperidine rings is 1. The number of benzene rings is 1. The van der Waals surface area contributed by atoms with E-state index in [1.165, 1.54) is 4.31 Å². The van der Waals surface area contributed by atoms with E-state index >= 15 is 0 Å². The number of nitrogens with zero attached hydrogens (tertiary/aromatic N) is 2. The van der Waals surface area contributed by atoms with Gasteiger partial charge in [-0.2, -0.15) is 0 Å². The molecule has 1 fully saturated rings. The quantitative estimate of drug-likeness (QED) is 0.695. The predicted molar refractivity (Wildman–Crippen MR) is 105 cm³/mol. The number of likely N-dealkylation sites (N-methyl/N-ethyl adjacent to an activating group) is 1. The monoisotopic (exact) mass is 406 g/mol. The Morgan fingerprint density at radius 1 is 1.21 bits per heavy atom. The molecule has 8 heteroatoms. The number of sulfonamides is 1. The average molecular weight is 407 g/mol. The van der Waals surface area contributed by atoms with Crippen molar-refractivity contribution in [3.05, 3.63) is 47.0 Å². The first kappa shape index (κ1) is 20.5. The van der Waals surface area contributed by atoms with Gasteiger partial charge < -0.3 is 9.64 Å². The predicted octanol–water partition coefficient (Wildman–Crippen LogP) is 1.70. The lowest BCUT2D eigenvalue weighted by Gasteiger charge is -2.39. The molecule has 28 heavy (non-hydrogen) atoms. The topological polar surface area (TPSA) is 84.0 Å². The third-order valence-corrected chi connectivity index (χ3v) is 7.42. The summed E-state index contributed by atoms with van der Waals surface area (Å²) in [5, 5.41) is 0. The number of hydrogen-bond donors (Lipinski definition) is 0. The first-order chi connectivity index (χ1) is 13.2. The molecule has 3 rings (SSSR count). The molecule has 0 saturated carbocycles. The Bertz CT molecular complexity index is 900. The van der Waals surface area contributed by atoms with Crippen molar-refractivity contribution in [2.75, 3.05) is 25.9 Å². The number of ether oxygens (including phenoxy) is 1. The molecule has 1 spiro atoms. The highest BCUT2D eigenvalue weighted by atomic mass is 32.2. The minimum Gasteiger partial charge on any atom is -0.450 e. The largest absolute Gasteiger partial charge is 0.450 e. The van der Waals surface area contributed by atoms with Crippen molar-refractivity contribution in [3.8, 4) is 0 Å². The highest BCUT2D eigenvalue weighted by Gasteiger charge is 2.52. The molecule has 1 amide bonds. The van der Waals surface area contributed by atoms with Crippen LogP contribution in [0, 0.1) is 0 Å². The van der Waals surface area contributed by atoms with E-state index < -0.39 is 21.6 Å². The van der Waals surface area contributed by atoms with E-state index in [1.54, 1.807) is 25.8 Å². The number of carbonyl (C=O) groups is 2. The molecular formula is C20H26N2O5S. The molecule has 2 heterocycles. The van der Waals surface area contributed by atoms with E-state index in [2.05, 4.69) is 0 Å². The van der Waals surface area contributed by atoms with Crippen molar-refractivity contribution in [1.29, 1.82) is 0 Å². The van der Waals surface area contributed by atoms with Gasteiger partial charge >= 0.3 is 5.97 Å². The first-order valence-electron chi connectivity index (χ1n) is 9.42. The summed E-state index contributed by atoms with van der Waals surface area (Å²) in [5.41, 5.74) is 0.629. The van der Waals surface area contributed by atoms with Gasteiger partial charge in [-0.1, -0.05) is 30.3 Å². The molecule has 0 aromatic heterocycles. The van der Waals surface area contributed by atoms with Crippen molar-refractivity contribution in [1.82, 2.24) is 9.21 Å². The molecule has 1 aromatic carbocycles. The van der Waals surface area contributed by atoms with Gasteiger partial charge in [-0.05, 0) is 19.4 Å². The van der Waals surface area contributed by atoms with E-state index in [0.29, 0.717) is 17.7 Å². The normalized spacial score (nSPS) is 19.8. The maximum absolute atomic E-state index is 13.2. The van der Waals surface area contributed by atoms with Gasteiger partial charge in [0, 0.05) is 45.1 Å². The molecule has 152 valence electrons. The molecule has 2 aliphatic heterocycles. The summed E-state index contributed by atoms with van der Waals surface area (Å²) in [6.45, 7) is 4.09. The number of carbonyl (C=O) groups excluding carboxylic acids is 2. The molecule has 1 saturated heterocycles. The minimum absolute atomic E-state index is 0.0280. The Labute approximate surface area is 166 Å². The summed E-state index contributed by atoms with van der Waals surface area (Å²) in [6.07, 6.45) is 0.575. The molecule has 2 aliphatic rings. The summed E-state index contributed by atoms with van der Waals surface area (Å²) in [5.74, 6) is -0.720. The van der Waals surface area contributed by atoms with Crippen LogP contribution in [0.3, 0.4) is 0 Å². The molecule has 7 nitrogen and oxygen atoms in total. The fraction of sp³-hybridized carbons (Fsp3) is 0.500. The summed E-state index contributed by atoms with van der Waals surface area (Å²) in [6, 6.07) is 9.60. The fourth-order valence-corrected chi connectivity index (χ4v) is 4.99. The van der Waals surface area contributed by atoms with Crippen LogP contribution < -0.4 is 0 Å². The van der Waals surface area contributed by atoms with Gasteiger partial charge in [0.25, 0.3) is 5.91 Å². The van der Waals surface area contributed by atoms with Crippen LogP contribution in [0.25, 0.3) is 0 Å². The highest BCUT2D eigenvalue weighted by molar-refractivity contribution is 7.89. The van der Waals surface area contributed by atoms with Crippen molar-refractivity contribution in [3.63, 3.8) is 0 Å². The molecule has 0 N–H and O–H groups in total. The minimum atomic E-state index is -3.31. The third kappa shape index (κ3) is 3.71. The smallest absolute Gasteiger partial charge is 0.335 e. The van der Waals surface area contributed by atoms with Crippen molar-refractivity contribution in [2.45, 2.75) is 38.8 Å². The van der Waals surface area contributed by atoms with Gasteiger partial charge in [-0.25, -0.2) is 17.5 Å². The van der Waals surface area contributed by atoms with Crippen LogP contribution in [-0.2, 0) is 30.9 Å². The highest BCUT2D eigenvalue weighted by Crippen LogP contribution is 2.42. The van der Waals surface area contributed by atoms with Gasteiger partial charge in [-0.15, -0.1) is 0 Å². The second-order valence-electron chi connectivity index (χ2n) is 7.33. The lowest BCUT2D eigenvalue weighted by molar-refractivity contribution is -0.150. The number of hydrogen-bond acceptors (Lipinski definition) is 5. The van der Waals surface area contributed by atoms with Crippen LogP contribution in [0.2, 0.25) is 0 Å². The van der Waals surface area contributed by atoms with Gasteiger partial charge in [0.1, 0.15) is 5.60 Å². The summed E-state index contributed by atoms with van der Waals surface area (Å²) < 4.78 is 31.3. The van der Waals surface area contributed by atoms with Gasteiger partial charge in [-0.3, -0.25) is 4.79 Å². The molecule has 0 radical (unpaired) electrons. The van der Waals surface area contributed by atoms with E-state index in [1.807, 2.05) is 30.3 Å². The molecule has 0 atom stereocenters. The fourth-order valence-electron chi connectivity index (χ4n) is 3.88. The zero-order chi connectivity index (χ0) is 20.5.